The SMILES string of the molecule is COc1cccc(F)c1-c1cccc(-n2cnc3cc(C(N)=NO)ccc32)c1. The Hall–Kier alpha value is -3.87. The molecular formula is C21H17FN4O2. The van der Waals surface area contributed by atoms with Gasteiger partial charge in [0.2, 0.25) is 0 Å². The monoisotopic (exact) mass is 376 g/mol. The minimum atomic E-state index is -0.351. The van der Waals surface area contributed by atoms with Crippen LogP contribution in [-0.2, 0) is 0 Å². The number of hydrogen-bond donors (Lipinski definition) is 2. The van der Waals surface area contributed by atoms with E-state index < -0.39 is 0 Å². The highest BCUT2D eigenvalue weighted by Gasteiger charge is 2.13. The number of methoxy groups -OCH3 is 1. The van der Waals surface area contributed by atoms with E-state index in [1.807, 2.05) is 34.9 Å². The van der Waals surface area contributed by atoms with Gasteiger partial charge in [-0.25, -0.2) is 9.37 Å². The van der Waals surface area contributed by atoms with Crippen LogP contribution in [0.2, 0.25) is 0 Å². The maximum Gasteiger partial charge on any atom is 0.170 e. The average molecular weight is 376 g/mol. The van der Waals surface area contributed by atoms with E-state index in [1.54, 1.807) is 30.6 Å². The summed E-state index contributed by atoms with van der Waals surface area (Å²) >= 11 is 0. The van der Waals surface area contributed by atoms with Gasteiger partial charge in [0.1, 0.15) is 17.9 Å². The number of benzene rings is 3. The molecule has 0 aliphatic rings. The molecule has 0 bridgehead atoms. The molecule has 7 heteroatoms. The molecule has 4 rings (SSSR count). The Bertz CT molecular complexity index is 1200. The topological polar surface area (TPSA) is 85.7 Å². The number of nitrogens with zero attached hydrogens (tertiary/aromatic N) is 3. The number of aromatic nitrogens is 2. The van der Waals surface area contributed by atoms with Crippen molar-refractivity contribution in [2.45, 2.75) is 0 Å². The first kappa shape index (κ1) is 17.5. The summed E-state index contributed by atoms with van der Waals surface area (Å²) in [5.41, 5.74) is 9.68. The second-order valence-corrected chi connectivity index (χ2v) is 6.17. The average Bonchev–Trinajstić information content (AvgIpc) is 3.16. The van der Waals surface area contributed by atoms with Gasteiger partial charge in [0.15, 0.2) is 5.84 Å². The van der Waals surface area contributed by atoms with E-state index >= 15 is 0 Å². The van der Waals surface area contributed by atoms with Crippen LogP contribution in [0.1, 0.15) is 5.56 Å². The molecule has 4 aromatic rings. The molecule has 0 unspecified atom stereocenters. The van der Waals surface area contributed by atoms with Gasteiger partial charge in [-0.1, -0.05) is 23.4 Å². The van der Waals surface area contributed by atoms with E-state index in [1.165, 1.54) is 13.2 Å². The Morgan fingerprint density at radius 2 is 1.96 bits per heavy atom. The van der Waals surface area contributed by atoms with Crippen molar-refractivity contribution >= 4 is 16.9 Å². The van der Waals surface area contributed by atoms with Crippen LogP contribution in [0.25, 0.3) is 27.8 Å². The molecule has 0 saturated heterocycles. The fraction of sp³-hybridized carbons (Fsp3) is 0.0476. The predicted octanol–water partition coefficient (Wildman–Crippen LogP) is 3.93. The first-order chi connectivity index (χ1) is 13.6. The summed E-state index contributed by atoms with van der Waals surface area (Å²) in [6.45, 7) is 0. The van der Waals surface area contributed by atoms with Crippen molar-refractivity contribution in [3.05, 3.63) is 78.4 Å². The highest BCUT2D eigenvalue weighted by molar-refractivity contribution is 5.99. The number of amidine groups is 1. The number of hydrogen-bond acceptors (Lipinski definition) is 4. The normalized spacial score (nSPS) is 11.7. The Morgan fingerprint density at radius 1 is 1.14 bits per heavy atom. The van der Waals surface area contributed by atoms with E-state index in [0.29, 0.717) is 28.0 Å². The lowest BCUT2D eigenvalue weighted by Gasteiger charge is -2.12. The molecule has 140 valence electrons. The molecule has 1 aromatic heterocycles. The molecule has 28 heavy (non-hydrogen) atoms. The van der Waals surface area contributed by atoms with Gasteiger partial charge < -0.3 is 15.7 Å². The Morgan fingerprint density at radius 3 is 2.75 bits per heavy atom. The molecule has 0 fully saturated rings. The van der Waals surface area contributed by atoms with Crippen molar-refractivity contribution in [1.82, 2.24) is 9.55 Å². The first-order valence-electron chi connectivity index (χ1n) is 8.50. The van der Waals surface area contributed by atoms with Crippen molar-refractivity contribution < 1.29 is 14.3 Å². The van der Waals surface area contributed by atoms with Gasteiger partial charge in [-0.15, -0.1) is 0 Å². The molecule has 0 aliphatic carbocycles. The molecule has 0 amide bonds. The van der Waals surface area contributed by atoms with Gasteiger partial charge in [0.05, 0.1) is 23.7 Å². The largest absolute Gasteiger partial charge is 0.496 e. The van der Waals surface area contributed by atoms with Gasteiger partial charge in [-0.2, -0.15) is 0 Å². The van der Waals surface area contributed by atoms with E-state index in [2.05, 4.69) is 10.1 Å². The summed E-state index contributed by atoms with van der Waals surface area (Å²) in [6, 6.07) is 17.6. The van der Waals surface area contributed by atoms with Crippen LogP contribution in [0.5, 0.6) is 5.75 Å². The predicted molar refractivity (Wildman–Crippen MR) is 106 cm³/mol. The lowest BCUT2D eigenvalue weighted by Crippen LogP contribution is -2.12. The third-order valence-electron chi connectivity index (χ3n) is 4.56. The smallest absolute Gasteiger partial charge is 0.170 e. The molecule has 1 heterocycles. The molecule has 0 spiro atoms. The maximum absolute atomic E-state index is 14.5. The summed E-state index contributed by atoms with van der Waals surface area (Å²) in [5, 5.41) is 11.9. The van der Waals surface area contributed by atoms with Gasteiger partial charge >= 0.3 is 0 Å². The van der Waals surface area contributed by atoms with Crippen LogP contribution >= 0.6 is 0 Å². The van der Waals surface area contributed by atoms with Crippen molar-refractivity contribution in [3.8, 4) is 22.6 Å². The minimum Gasteiger partial charge on any atom is -0.496 e. The van der Waals surface area contributed by atoms with E-state index in [9.17, 15) is 4.39 Å². The molecule has 3 N–H and O–H groups in total. The van der Waals surface area contributed by atoms with Crippen molar-refractivity contribution in [2.24, 2.45) is 10.9 Å². The number of nitrogens with two attached hydrogens (primary N) is 1. The number of ether oxygens (including phenoxy) is 1. The zero-order chi connectivity index (χ0) is 19.7. The third-order valence-corrected chi connectivity index (χ3v) is 4.56. The van der Waals surface area contributed by atoms with Crippen LogP contribution in [0.3, 0.4) is 0 Å². The zero-order valence-electron chi connectivity index (χ0n) is 15.0. The van der Waals surface area contributed by atoms with E-state index in [-0.39, 0.29) is 11.7 Å². The van der Waals surface area contributed by atoms with Gasteiger partial charge in [0.25, 0.3) is 0 Å². The molecule has 0 radical (unpaired) electrons. The van der Waals surface area contributed by atoms with Gasteiger partial charge in [-0.05, 0) is 48.0 Å². The number of fused-ring (bicyclic) bond motifs is 1. The van der Waals surface area contributed by atoms with Crippen LogP contribution in [-0.4, -0.2) is 27.7 Å². The Labute approximate surface area is 160 Å². The summed E-state index contributed by atoms with van der Waals surface area (Å²) in [6.07, 6.45) is 1.68. The molecule has 0 atom stereocenters. The number of halogens is 1. The summed E-state index contributed by atoms with van der Waals surface area (Å²) in [7, 11) is 1.52. The first-order valence-corrected chi connectivity index (χ1v) is 8.50. The molecular weight excluding hydrogens is 359 g/mol. The Kier molecular flexibility index (Phi) is 4.41. The van der Waals surface area contributed by atoms with Crippen LogP contribution in [0, 0.1) is 5.82 Å². The van der Waals surface area contributed by atoms with Crippen LogP contribution in [0.15, 0.2) is 72.1 Å². The second kappa shape index (κ2) is 7.03. The highest BCUT2D eigenvalue weighted by atomic mass is 19.1. The number of oxime groups is 1. The second-order valence-electron chi connectivity index (χ2n) is 6.17. The van der Waals surface area contributed by atoms with Gasteiger partial charge in [-0.3, -0.25) is 4.57 Å². The minimum absolute atomic E-state index is 0.0186. The molecule has 0 aliphatic heterocycles. The molecule has 6 nitrogen and oxygen atoms in total. The van der Waals surface area contributed by atoms with E-state index in [0.717, 1.165) is 11.2 Å². The molecule has 3 aromatic carbocycles. The summed E-state index contributed by atoms with van der Waals surface area (Å²) in [5.74, 6) is 0.136. The van der Waals surface area contributed by atoms with Crippen LogP contribution < -0.4 is 10.5 Å². The number of rotatable bonds is 4. The third kappa shape index (κ3) is 2.92. The van der Waals surface area contributed by atoms with Crippen LogP contribution in [0.4, 0.5) is 4.39 Å². The fourth-order valence-corrected chi connectivity index (χ4v) is 3.20. The lowest BCUT2D eigenvalue weighted by molar-refractivity contribution is 0.318. The maximum atomic E-state index is 14.5. The zero-order valence-corrected chi connectivity index (χ0v) is 15.0. The Balaban J connectivity index is 1.83. The van der Waals surface area contributed by atoms with Crippen molar-refractivity contribution in [2.75, 3.05) is 7.11 Å². The summed E-state index contributed by atoms with van der Waals surface area (Å²) in [4.78, 5) is 4.40. The van der Waals surface area contributed by atoms with Crippen molar-refractivity contribution in [1.29, 1.82) is 0 Å². The number of imidazole rings is 1. The van der Waals surface area contributed by atoms with E-state index in [4.69, 9.17) is 15.7 Å². The quantitative estimate of drug-likeness (QED) is 0.245. The molecule has 0 saturated carbocycles. The van der Waals surface area contributed by atoms with Gasteiger partial charge in [0, 0.05) is 11.3 Å². The van der Waals surface area contributed by atoms with Crippen molar-refractivity contribution in [3.63, 3.8) is 0 Å². The summed E-state index contributed by atoms with van der Waals surface area (Å²) < 4.78 is 21.7. The highest BCUT2D eigenvalue weighted by Crippen LogP contribution is 2.33. The lowest BCUT2D eigenvalue weighted by atomic mass is 10.0. The standard InChI is InChI=1S/C21H17FN4O2/c1-28-19-7-3-6-16(22)20(19)13-4-2-5-15(10-13)26-12-24-17-11-14(21(23)25-27)8-9-18(17)26/h2-12,27H,1H3,(H2,23,25). The fourth-order valence-electron chi connectivity index (χ4n) is 3.20.